The van der Waals surface area contributed by atoms with E-state index >= 15 is 0 Å². The number of aromatic nitrogens is 2. The molecule has 0 spiro atoms. The normalized spacial score (nSPS) is 13.9. The van der Waals surface area contributed by atoms with E-state index in [1.807, 2.05) is 85.1 Å². The monoisotopic (exact) mass is 1160 g/mol. The van der Waals surface area contributed by atoms with Crippen LogP contribution in [0, 0.1) is 20.0 Å². The molecule has 354 valence electrons. The second-order valence-corrected chi connectivity index (χ2v) is 21.9. The van der Waals surface area contributed by atoms with Gasteiger partial charge >= 0.3 is 35.1 Å². The molecule has 70 heavy (non-hydrogen) atoms. The van der Waals surface area contributed by atoms with Crippen molar-refractivity contribution in [1.29, 1.82) is 0 Å². The van der Waals surface area contributed by atoms with Gasteiger partial charge in [-0.1, -0.05) is 239 Å². The summed E-state index contributed by atoms with van der Waals surface area (Å²) in [6.07, 6.45) is 3.31. The first-order chi connectivity index (χ1) is 34.1. The Kier molecular flexibility index (Phi) is 19.1. The van der Waals surface area contributed by atoms with Crippen molar-refractivity contribution in [3.8, 4) is 33.5 Å². The van der Waals surface area contributed by atoms with Crippen molar-refractivity contribution < 1.29 is 20.4 Å². The Morgan fingerprint density at radius 3 is 1.37 bits per heavy atom. The summed E-state index contributed by atoms with van der Waals surface area (Å²) in [5.74, 6) is 0.530. The summed E-state index contributed by atoms with van der Waals surface area (Å²) in [6, 6.07) is 70.3. The van der Waals surface area contributed by atoms with Crippen molar-refractivity contribution in [2.45, 2.75) is 32.9 Å². The van der Waals surface area contributed by atoms with Crippen LogP contribution >= 0.6 is 35.4 Å². The first kappa shape index (κ1) is 52.3. The van der Waals surface area contributed by atoms with Gasteiger partial charge in [-0.15, -0.1) is 6.07 Å². The number of aliphatic imine (C=N–C) groups is 1. The van der Waals surface area contributed by atoms with Gasteiger partial charge in [0.25, 0.3) is 0 Å². The molecule has 0 saturated heterocycles. The zero-order valence-electron chi connectivity index (χ0n) is 40.6. The van der Waals surface area contributed by atoms with Crippen LogP contribution in [-0.2, 0) is 20.4 Å². The number of benzene rings is 8. The second-order valence-electron chi connectivity index (χ2n) is 17.3. The number of carbonyl (C=O) groups is 1. The molecule has 0 unspecified atom stereocenters. The number of hydrogen-bond acceptors (Lipinski definition) is 4. The van der Waals surface area contributed by atoms with Crippen LogP contribution in [0.5, 0.6) is 0 Å². The van der Waals surface area contributed by atoms with E-state index < -0.39 is 0 Å². The minimum absolute atomic E-state index is 0.0798. The third-order valence-corrected chi connectivity index (χ3v) is 14.7. The summed E-state index contributed by atoms with van der Waals surface area (Å²) in [4.78, 5) is 31.1. The Balaban J connectivity index is 0.000000300. The molecule has 2 atom stereocenters. The fourth-order valence-electron chi connectivity index (χ4n) is 8.41. The number of halogens is 1. The molecule has 1 aliphatic rings. The van der Waals surface area contributed by atoms with E-state index in [2.05, 4.69) is 208 Å². The Morgan fingerprint density at radius 1 is 0.514 bits per heavy atom. The first-order valence-corrected chi connectivity index (χ1v) is 32.2. The molecule has 1 amide bonds. The van der Waals surface area contributed by atoms with Crippen LogP contribution in [-0.4, -0.2) is 53.3 Å². The Bertz CT molecular complexity index is 3080. The molecule has 1 aromatic heterocycles. The van der Waals surface area contributed by atoms with Gasteiger partial charge in [0.2, 0.25) is 5.91 Å². The van der Waals surface area contributed by atoms with Crippen molar-refractivity contribution in [2.24, 2.45) is 4.99 Å². The third-order valence-electron chi connectivity index (χ3n) is 12.0. The van der Waals surface area contributed by atoms with Gasteiger partial charge in [-0.05, 0) is 101 Å². The van der Waals surface area contributed by atoms with Gasteiger partial charge in [0, 0.05) is 12.4 Å². The number of fused-ring (bicyclic) bond motifs is 1. The van der Waals surface area contributed by atoms with Crippen LogP contribution in [0.25, 0.3) is 44.5 Å². The Labute approximate surface area is 438 Å². The van der Waals surface area contributed by atoms with Crippen LogP contribution in [0.4, 0.5) is 0 Å². The van der Waals surface area contributed by atoms with Crippen molar-refractivity contribution in [1.82, 2.24) is 14.9 Å². The Hall–Kier alpha value is -5.51. The van der Waals surface area contributed by atoms with Gasteiger partial charge in [0.15, 0.2) is 0 Å². The third kappa shape index (κ3) is 12.9. The maximum atomic E-state index is 13.6. The summed E-state index contributed by atoms with van der Waals surface area (Å²) in [7, 11) is 0.209. The van der Waals surface area contributed by atoms with Crippen LogP contribution in [0.15, 0.2) is 211 Å². The molecule has 8 aromatic carbocycles. The van der Waals surface area contributed by atoms with E-state index in [1.165, 1.54) is 21.7 Å². The van der Waals surface area contributed by atoms with Gasteiger partial charge in [0.05, 0.1) is 6.04 Å². The standard InChI is InChI=1S/C45H35N4O.2C8H11P.HI.Pd/c1-29-18-22-32(23-19-29)36-26-27-37(33-24-20-30(2)21-25-33)43-42(36)46-28-40(47-43)38-16-10-11-17-39(38)45-48-41(34-12-6-4-7-13-34)44(49(45)31(3)50)35-14-8-5-9-15-35;2*1-9(2)8-6-4-3-5-7-8;;/h4-27,41,44H,1-3H3;2*3-7H,1-2H3;1H;/q-1;;;;+2/p-1/t41-,44-;;;;/m0..../s1. The topological polar surface area (TPSA) is 58.5 Å². The van der Waals surface area contributed by atoms with E-state index in [9.17, 15) is 4.79 Å². The molecule has 0 N–H and O–H groups in total. The van der Waals surface area contributed by atoms with Crippen LogP contribution in [0.3, 0.4) is 0 Å². The number of carbonyl (C=O) groups excluding carboxylic acids is 1. The summed E-state index contributed by atoms with van der Waals surface area (Å²) in [5, 5.41) is 2.96. The molecular formula is C61H57IN4OP2Pd. The van der Waals surface area contributed by atoms with Crippen molar-refractivity contribution >= 4 is 68.7 Å². The van der Waals surface area contributed by atoms with Gasteiger partial charge in [0.1, 0.15) is 11.9 Å². The number of aryl methyl sites for hydroxylation is 2. The van der Waals surface area contributed by atoms with E-state index in [0.29, 0.717) is 11.5 Å². The molecule has 0 saturated carbocycles. The molecule has 5 nitrogen and oxygen atoms in total. The fraction of sp³-hybridized carbons (Fsp3) is 0.148. The van der Waals surface area contributed by atoms with Gasteiger partial charge in [-0.25, -0.2) is 0 Å². The number of amidine groups is 1. The van der Waals surface area contributed by atoms with Gasteiger partial charge in [-0.2, -0.15) is 0 Å². The zero-order chi connectivity index (χ0) is 49.6. The number of nitrogens with zero attached hydrogens (tertiary/aromatic N) is 4. The average Bonchev–Trinajstić information content (AvgIpc) is 3.82. The molecule has 0 radical (unpaired) electrons. The van der Waals surface area contributed by atoms with Gasteiger partial charge in [-0.3, -0.25) is 19.7 Å². The molecule has 10 rings (SSSR count). The fourth-order valence-corrected chi connectivity index (χ4v) is 9.95. The molecule has 0 aliphatic carbocycles. The van der Waals surface area contributed by atoms with E-state index in [4.69, 9.17) is 15.0 Å². The summed E-state index contributed by atoms with van der Waals surface area (Å²) in [6.45, 7) is 14.9. The SMILES string of the molecule is CC(=O)N1C(c2ccccc2-c2[c-]nc3c(-c4ccc(C)cc4)ccc(-c4ccc(C)cc4)c3n2)=N[C@@H](c2ccccc2)[C@@H]1c1ccccc1.CP(C)c1ccccc1.CP(C)c1ccccc1.[Pd+][I]. The Morgan fingerprint density at radius 2 is 0.929 bits per heavy atom. The van der Waals surface area contributed by atoms with Crippen LogP contribution < -0.4 is 10.6 Å². The molecule has 0 fully saturated rings. The molecule has 1 aliphatic heterocycles. The molecule has 2 heterocycles. The summed E-state index contributed by atoms with van der Waals surface area (Å²) in [5.41, 5.74) is 12.4. The second kappa shape index (κ2) is 25.6. The number of amides is 1. The van der Waals surface area contributed by atoms with E-state index in [-0.39, 0.29) is 33.8 Å². The predicted molar refractivity (Wildman–Crippen MR) is 305 cm³/mol. The van der Waals surface area contributed by atoms with Crippen molar-refractivity contribution in [3.63, 3.8) is 0 Å². The quantitative estimate of drug-likeness (QED) is 0.0659. The zero-order valence-corrected chi connectivity index (χ0v) is 46.1. The molecule has 0 bridgehead atoms. The van der Waals surface area contributed by atoms with Crippen LogP contribution in [0.2, 0.25) is 0 Å². The maximum absolute atomic E-state index is 13.6. The van der Waals surface area contributed by atoms with E-state index in [1.54, 1.807) is 6.92 Å². The molecule has 9 heteroatoms. The predicted octanol–water partition coefficient (Wildman–Crippen LogP) is 15.1. The van der Waals surface area contributed by atoms with E-state index in [0.717, 1.165) is 55.5 Å². The average molecular weight is 1160 g/mol. The number of hydrogen-bond donors (Lipinski definition) is 0. The van der Waals surface area contributed by atoms with Crippen LogP contribution in [0.1, 0.15) is 46.8 Å². The minimum atomic E-state index is -0.309. The number of rotatable bonds is 8. The van der Waals surface area contributed by atoms with Gasteiger partial charge < -0.3 is 4.98 Å². The molecular weight excluding hydrogens is 1100 g/mol. The molecule has 9 aromatic rings. The summed E-state index contributed by atoms with van der Waals surface area (Å²) >= 11 is 4.72. The first-order valence-electron chi connectivity index (χ1n) is 23.1. The summed E-state index contributed by atoms with van der Waals surface area (Å²) < 4.78 is 0. The van der Waals surface area contributed by atoms with Crippen molar-refractivity contribution in [2.75, 3.05) is 26.7 Å². The van der Waals surface area contributed by atoms with Crippen molar-refractivity contribution in [3.05, 3.63) is 240 Å².